The van der Waals surface area contributed by atoms with E-state index in [4.69, 9.17) is 21.7 Å². The second-order valence-electron chi connectivity index (χ2n) is 3.38. The van der Waals surface area contributed by atoms with Crippen molar-refractivity contribution in [3.8, 4) is 11.5 Å². The van der Waals surface area contributed by atoms with E-state index in [-0.39, 0.29) is 0 Å². The average Bonchev–Trinajstić information content (AvgIpc) is 2.90. The minimum absolute atomic E-state index is 0.698. The van der Waals surface area contributed by atoms with E-state index in [1.54, 1.807) is 25.6 Å². The van der Waals surface area contributed by atoms with E-state index in [0.29, 0.717) is 11.5 Å². The topological polar surface area (TPSA) is 18.5 Å². The van der Waals surface area contributed by atoms with Crippen LogP contribution in [0.25, 0.3) is 0 Å². The maximum absolute atomic E-state index is 5.44. The summed E-state index contributed by atoms with van der Waals surface area (Å²) in [5.41, 5.74) is 0.972. The van der Waals surface area contributed by atoms with Crippen molar-refractivity contribution < 1.29 is 9.47 Å². The summed E-state index contributed by atoms with van der Waals surface area (Å²) >= 11 is 7.08. The third-order valence-electron chi connectivity index (χ3n) is 2.39. The molecule has 4 heteroatoms. The summed E-state index contributed by atoms with van der Waals surface area (Å²) in [6.07, 6.45) is 0. The van der Waals surface area contributed by atoms with Crippen LogP contribution >= 0.6 is 23.6 Å². The Balaban J connectivity index is 2.37. The SMILES string of the molecule is COc1ccc(C(=S)c2cccs2)cc1OC. The van der Waals surface area contributed by atoms with Crippen molar-refractivity contribution in [1.82, 2.24) is 0 Å². The number of ether oxygens (including phenoxy) is 2. The van der Waals surface area contributed by atoms with Crippen LogP contribution in [0.3, 0.4) is 0 Å². The first-order chi connectivity index (χ1) is 8.26. The zero-order valence-corrected chi connectivity index (χ0v) is 11.2. The number of hydrogen-bond acceptors (Lipinski definition) is 4. The molecule has 0 bridgehead atoms. The lowest BCUT2D eigenvalue weighted by Gasteiger charge is -2.09. The van der Waals surface area contributed by atoms with Gasteiger partial charge in [0.15, 0.2) is 11.5 Å². The first kappa shape index (κ1) is 12.1. The van der Waals surface area contributed by atoms with Crippen LogP contribution in [-0.2, 0) is 0 Å². The molecule has 0 aliphatic rings. The van der Waals surface area contributed by atoms with Gasteiger partial charge in [-0.1, -0.05) is 18.3 Å². The molecule has 0 saturated carbocycles. The van der Waals surface area contributed by atoms with Gasteiger partial charge in [0.2, 0.25) is 0 Å². The van der Waals surface area contributed by atoms with Crippen molar-refractivity contribution in [3.63, 3.8) is 0 Å². The van der Waals surface area contributed by atoms with Crippen molar-refractivity contribution >= 4 is 28.4 Å². The van der Waals surface area contributed by atoms with Gasteiger partial charge in [0.1, 0.15) is 0 Å². The van der Waals surface area contributed by atoms with Gasteiger partial charge in [-0.15, -0.1) is 11.3 Å². The fraction of sp³-hybridized carbons (Fsp3) is 0.154. The van der Waals surface area contributed by atoms with Gasteiger partial charge >= 0.3 is 0 Å². The molecule has 88 valence electrons. The molecule has 0 fully saturated rings. The molecular weight excluding hydrogens is 252 g/mol. The standard InChI is InChI=1S/C13H12O2S2/c1-14-10-6-5-9(8-11(10)15-2)13(16)12-4-3-7-17-12/h3-8H,1-2H3. The fourth-order valence-electron chi connectivity index (χ4n) is 1.53. The molecule has 0 atom stereocenters. The van der Waals surface area contributed by atoms with Gasteiger partial charge in [-0.2, -0.15) is 0 Å². The van der Waals surface area contributed by atoms with Crippen LogP contribution in [0.2, 0.25) is 0 Å². The lowest BCUT2D eigenvalue weighted by atomic mass is 10.1. The highest BCUT2D eigenvalue weighted by Gasteiger charge is 2.09. The quantitative estimate of drug-likeness (QED) is 0.621. The van der Waals surface area contributed by atoms with E-state index >= 15 is 0 Å². The lowest BCUT2D eigenvalue weighted by Crippen LogP contribution is -1.98. The second kappa shape index (κ2) is 5.29. The summed E-state index contributed by atoms with van der Waals surface area (Å²) < 4.78 is 10.5. The predicted octanol–water partition coefficient (Wildman–Crippen LogP) is 3.53. The third-order valence-corrected chi connectivity index (χ3v) is 3.86. The van der Waals surface area contributed by atoms with Gasteiger partial charge in [0, 0.05) is 4.88 Å². The van der Waals surface area contributed by atoms with E-state index in [2.05, 4.69) is 0 Å². The van der Waals surface area contributed by atoms with E-state index in [1.807, 2.05) is 35.7 Å². The van der Waals surface area contributed by atoms with Gasteiger partial charge in [0.05, 0.1) is 19.1 Å². The van der Waals surface area contributed by atoms with Crippen LogP contribution in [0.5, 0.6) is 11.5 Å². The zero-order valence-electron chi connectivity index (χ0n) is 9.60. The number of thiophene rings is 1. The van der Waals surface area contributed by atoms with Crippen LogP contribution in [-0.4, -0.2) is 19.1 Å². The highest BCUT2D eigenvalue weighted by atomic mass is 32.1. The molecule has 1 aromatic carbocycles. The maximum Gasteiger partial charge on any atom is 0.161 e. The Morgan fingerprint density at radius 1 is 1.12 bits per heavy atom. The van der Waals surface area contributed by atoms with Gasteiger partial charge in [-0.3, -0.25) is 0 Å². The average molecular weight is 264 g/mol. The van der Waals surface area contributed by atoms with Crippen LogP contribution in [0, 0.1) is 0 Å². The highest BCUT2D eigenvalue weighted by Crippen LogP contribution is 2.29. The maximum atomic E-state index is 5.44. The molecule has 2 rings (SSSR count). The third kappa shape index (κ3) is 2.48. The highest BCUT2D eigenvalue weighted by molar-refractivity contribution is 7.81. The molecule has 2 aromatic rings. The molecule has 0 amide bonds. The molecule has 0 aliphatic carbocycles. The fourth-order valence-corrected chi connectivity index (χ4v) is 2.55. The Kier molecular flexibility index (Phi) is 3.76. The molecule has 17 heavy (non-hydrogen) atoms. The second-order valence-corrected chi connectivity index (χ2v) is 4.73. The summed E-state index contributed by atoms with van der Waals surface area (Å²) in [6, 6.07) is 9.73. The largest absolute Gasteiger partial charge is 0.493 e. The summed E-state index contributed by atoms with van der Waals surface area (Å²) in [5.74, 6) is 1.41. The molecule has 1 heterocycles. The van der Waals surface area contributed by atoms with E-state index < -0.39 is 0 Å². The van der Waals surface area contributed by atoms with Crippen LogP contribution in [0.15, 0.2) is 35.7 Å². The molecular formula is C13H12O2S2. The van der Waals surface area contributed by atoms with Crippen LogP contribution in [0.4, 0.5) is 0 Å². The van der Waals surface area contributed by atoms with Gasteiger partial charge in [-0.25, -0.2) is 0 Å². The smallest absolute Gasteiger partial charge is 0.161 e. The molecule has 0 unspecified atom stereocenters. The Hall–Kier alpha value is -1.39. The summed E-state index contributed by atoms with van der Waals surface area (Å²) in [6.45, 7) is 0. The molecule has 0 radical (unpaired) electrons. The Labute approximate surface area is 110 Å². The first-order valence-electron chi connectivity index (χ1n) is 5.06. The molecule has 0 spiro atoms. The van der Waals surface area contributed by atoms with Crippen molar-refractivity contribution in [1.29, 1.82) is 0 Å². The molecule has 0 saturated heterocycles. The van der Waals surface area contributed by atoms with Crippen molar-refractivity contribution in [2.75, 3.05) is 14.2 Å². The van der Waals surface area contributed by atoms with Crippen molar-refractivity contribution in [3.05, 3.63) is 46.2 Å². The minimum atomic E-state index is 0.698. The first-order valence-corrected chi connectivity index (χ1v) is 6.35. The normalized spacial score (nSPS) is 10.0. The number of thiocarbonyl (C=S) groups is 1. The van der Waals surface area contributed by atoms with Crippen molar-refractivity contribution in [2.24, 2.45) is 0 Å². The van der Waals surface area contributed by atoms with Crippen LogP contribution < -0.4 is 9.47 Å². The summed E-state index contributed by atoms with van der Waals surface area (Å²) in [4.78, 5) is 1.92. The summed E-state index contributed by atoms with van der Waals surface area (Å²) in [5, 5.41) is 2.02. The number of methoxy groups -OCH3 is 2. The monoisotopic (exact) mass is 264 g/mol. The predicted molar refractivity (Wildman–Crippen MR) is 74.7 cm³/mol. The zero-order chi connectivity index (χ0) is 12.3. The van der Waals surface area contributed by atoms with Gasteiger partial charge < -0.3 is 9.47 Å². The van der Waals surface area contributed by atoms with Crippen molar-refractivity contribution in [2.45, 2.75) is 0 Å². The van der Waals surface area contributed by atoms with E-state index in [1.165, 1.54) is 0 Å². The van der Waals surface area contributed by atoms with E-state index in [0.717, 1.165) is 15.3 Å². The minimum Gasteiger partial charge on any atom is -0.493 e. The number of benzene rings is 1. The van der Waals surface area contributed by atoms with Crippen LogP contribution in [0.1, 0.15) is 10.4 Å². The van der Waals surface area contributed by atoms with E-state index in [9.17, 15) is 0 Å². The molecule has 0 N–H and O–H groups in total. The molecule has 0 aliphatic heterocycles. The number of hydrogen-bond donors (Lipinski definition) is 0. The Morgan fingerprint density at radius 2 is 1.88 bits per heavy atom. The number of rotatable bonds is 4. The van der Waals surface area contributed by atoms with Gasteiger partial charge in [0.25, 0.3) is 0 Å². The Bertz CT molecular complexity index is 518. The van der Waals surface area contributed by atoms with Gasteiger partial charge in [-0.05, 0) is 35.2 Å². The lowest BCUT2D eigenvalue weighted by molar-refractivity contribution is 0.355. The Morgan fingerprint density at radius 3 is 2.47 bits per heavy atom. The molecule has 2 nitrogen and oxygen atoms in total. The summed E-state index contributed by atoms with van der Waals surface area (Å²) in [7, 11) is 3.24. The molecule has 1 aromatic heterocycles.